The van der Waals surface area contributed by atoms with E-state index in [4.69, 9.17) is 0 Å². The molecule has 0 saturated carbocycles. The molecule has 0 unspecified atom stereocenters. The van der Waals surface area contributed by atoms with Gasteiger partial charge in [-0.25, -0.2) is 0 Å². The summed E-state index contributed by atoms with van der Waals surface area (Å²) in [5, 5.41) is 3.00. The molecule has 3 amide bonds. The summed E-state index contributed by atoms with van der Waals surface area (Å²) in [6.45, 7) is 3.84. The van der Waals surface area contributed by atoms with Crippen LogP contribution in [-0.2, 0) is 17.5 Å². The van der Waals surface area contributed by atoms with E-state index in [9.17, 15) is 27.6 Å². The molecule has 0 bridgehead atoms. The van der Waals surface area contributed by atoms with Gasteiger partial charge >= 0.3 is 6.18 Å². The van der Waals surface area contributed by atoms with Gasteiger partial charge in [0.1, 0.15) is 0 Å². The average Bonchev–Trinajstić information content (AvgIpc) is 3.04. The van der Waals surface area contributed by atoms with Crippen LogP contribution in [0.4, 0.5) is 13.2 Å². The number of rotatable bonds is 7. The van der Waals surface area contributed by atoms with E-state index in [1.54, 1.807) is 24.3 Å². The van der Waals surface area contributed by atoms with Crippen molar-refractivity contribution in [3.05, 3.63) is 70.3 Å². The van der Waals surface area contributed by atoms with Gasteiger partial charge in [0.2, 0.25) is 5.91 Å². The van der Waals surface area contributed by atoms with Crippen LogP contribution < -0.4 is 5.32 Å². The largest absolute Gasteiger partial charge is 0.416 e. The maximum atomic E-state index is 12.9. The van der Waals surface area contributed by atoms with Crippen LogP contribution in [0.2, 0.25) is 0 Å². The van der Waals surface area contributed by atoms with Crippen molar-refractivity contribution in [3.8, 4) is 0 Å². The molecule has 35 heavy (non-hydrogen) atoms. The van der Waals surface area contributed by atoms with Crippen molar-refractivity contribution in [1.29, 1.82) is 0 Å². The van der Waals surface area contributed by atoms with Crippen LogP contribution in [0.25, 0.3) is 0 Å². The van der Waals surface area contributed by atoms with Crippen LogP contribution in [0.3, 0.4) is 0 Å². The number of imide groups is 1. The van der Waals surface area contributed by atoms with Gasteiger partial charge in [0.15, 0.2) is 0 Å². The van der Waals surface area contributed by atoms with E-state index in [0.717, 1.165) is 11.6 Å². The monoisotopic (exact) mass is 487 g/mol. The highest BCUT2D eigenvalue weighted by Gasteiger charge is 2.35. The van der Waals surface area contributed by atoms with Gasteiger partial charge in [0.05, 0.1) is 16.7 Å². The first-order valence-electron chi connectivity index (χ1n) is 11.8. The van der Waals surface area contributed by atoms with Crippen molar-refractivity contribution in [3.63, 3.8) is 0 Å². The van der Waals surface area contributed by atoms with E-state index in [1.165, 1.54) is 17.0 Å². The summed E-state index contributed by atoms with van der Waals surface area (Å²) in [6.07, 6.45) is -2.35. The fourth-order valence-electron chi connectivity index (χ4n) is 4.64. The lowest BCUT2D eigenvalue weighted by Crippen LogP contribution is -2.44. The van der Waals surface area contributed by atoms with Gasteiger partial charge in [-0.1, -0.05) is 29.8 Å². The number of amides is 3. The lowest BCUT2D eigenvalue weighted by atomic mass is 10.0. The lowest BCUT2D eigenvalue weighted by Gasteiger charge is -2.32. The molecule has 0 radical (unpaired) electrons. The predicted octanol–water partition coefficient (Wildman–Crippen LogP) is 4.17. The van der Waals surface area contributed by atoms with Crippen molar-refractivity contribution in [2.45, 2.75) is 51.4 Å². The third-order valence-corrected chi connectivity index (χ3v) is 6.52. The second-order valence-corrected chi connectivity index (χ2v) is 9.23. The number of carbonyl (C=O) groups excluding carboxylic acids is 3. The highest BCUT2D eigenvalue weighted by Crippen LogP contribution is 2.30. The fourth-order valence-corrected chi connectivity index (χ4v) is 4.64. The quantitative estimate of drug-likeness (QED) is 0.596. The van der Waals surface area contributed by atoms with Gasteiger partial charge in [-0.05, 0) is 49.9 Å². The molecule has 6 nitrogen and oxygen atoms in total. The molecule has 9 heteroatoms. The maximum absolute atomic E-state index is 12.9. The Morgan fingerprint density at radius 1 is 1.03 bits per heavy atom. The number of alkyl halides is 3. The third kappa shape index (κ3) is 5.90. The van der Waals surface area contributed by atoms with Gasteiger partial charge in [-0.3, -0.25) is 24.2 Å². The summed E-state index contributed by atoms with van der Waals surface area (Å²) < 4.78 is 38.8. The summed E-state index contributed by atoms with van der Waals surface area (Å²) in [7, 11) is 0. The van der Waals surface area contributed by atoms with Gasteiger partial charge in [-0.15, -0.1) is 0 Å². The first-order chi connectivity index (χ1) is 16.6. The van der Waals surface area contributed by atoms with Crippen LogP contribution in [0, 0.1) is 6.92 Å². The second kappa shape index (κ2) is 10.2. The summed E-state index contributed by atoms with van der Waals surface area (Å²) in [4.78, 5) is 40.7. The summed E-state index contributed by atoms with van der Waals surface area (Å²) >= 11 is 0. The zero-order chi connectivity index (χ0) is 25.2. The molecule has 2 aliphatic rings. The number of nitrogens with zero attached hydrogens (tertiary/aromatic N) is 2. The lowest BCUT2D eigenvalue weighted by molar-refractivity contribution is -0.137. The SMILES string of the molecule is Cc1ccc2c(c1)C(=O)N(CCCC(=O)NC1CCN(Cc3cccc(C(F)(F)F)c3)CC1)C2=O. The topological polar surface area (TPSA) is 69.7 Å². The highest BCUT2D eigenvalue weighted by atomic mass is 19.4. The normalized spacial score (nSPS) is 17.1. The third-order valence-electron chi connectivity index (χ3n) is 6.52. The number of hydrogen-bond donors (Lipinski definition) is 1. The number of fused-ring (bicyclic) bond motifs is 1. The molecule has 0 aliphatic carbocycles. The van der Waals surface area contributed by atoms with E-state index >= 15 is 0 Å². The molecule has 1 saturated heterocycles. The molecule has 186 valence electrons. The number of aryl methyl sites for hydroxylation is 1. The van der Waals surface area contributed by atoms with Crippen molar-refractivity contribution in [2.75, 3.05) is 19.6 Å². The Morgan fingerprint density at radius 3 is 2.46 bits per heavy atom. The Kier molecular flexibility index (Phi) is 7.25. The van der Waals surface area contributed by atoms with Crippen molar-refractivity contribution < 1.29 is 27.6 Å². The second-order valence-electron chi connectivity index (χ2n) is 9.23. The molecular weight excluding hydrogens is 459 g/mol. The minimum atomic E-state index is -4.36. The van der Waals surface area contributed by atoms with E-state index in [0.29, 0.717) is 55.6 Å². The van der Waals surface area contributed by atoms with Gasteiger partial charge < -0.3 is 5.32 Å². The Hall–Kier alpha value is -3.20. The van der Waals surface area contributed by atoms with Gasteiger partial charge in [-0.2, -0.15) is 13.2 Å². The summed E-state index contributed by atoms with van der Waals surface area (Å²) in [6, 6.07) is 10.5. The maximum Gasteiger partial charge on any atom is 0.416 e. The van der Waals surface area contributed by atoms with Crippen LogP contribution in [0.5, 0.6) is 0 Å². The van der Waals surface area contributed by atoms with Gasteiger partial charge in [0.25, 0.3) is 11.8 Å². The Morgan fingerprint density at radius 2 is 1.74 bits per heavy atom. The first-order valence-corrected chi connectivity index (χ1v) is 11.8. The van der Waals surface area contributed by atoms with E-state index in [1.807, 2.05) is 6.92 Å². The number of carbonyl (C=O) groups is 3. The molecular formula is C26H28F3N3O3. The number of halogens is 3. The number of nitrogens with one attached hydrogen (secondary N) is 1. The average molecular weight is 488 g/mol. The van der Waals surface area contributed by atoms with Crippen molar-refractivity contribution in [2.24, 2.45) is 0 Å². The molecule has 1 fully saturated rings. The molecule has 2 aromatic rings. The van der Waals surface area contributed by atoms with E-state index in [2.05, 4.69) is 10.2 Å². The van der Waals surface area contributed by atoms with Crippen LogP contribution in [0.1, 0.15) is 63.1 Å². The van der Waals surface area contributed by atoms with Crippen molar-refractivity contribution in [1.82, 2.24) is 15.1 Å². The summed E-state index contributed by atoms with van der Waals surface area (Å²) in [5.41, 5.74) is 1.70. The van der Waals surface area contributed by atoms with Crippen molar-refractivity contribution >= 4 is 17.7 Å². The predicted molar refractivity (Wildman–Crippen MR) is 124 cm³/mol. The number of piperidine rings is 1. The molecule has 0 spiro atoms. The zero-order valence-corrected chi connectivity index (χ0v) is 19.5. The molecule has 2 heterocycles. The molecule has 0 aromatic heterocycles. The molecule has 2 aliphatic heterocycles. The van der Waals surface area contributed by atoms with Crippen LogP contribution in [0.15, 0.2) is 42.5 Å². The number of likely N-dealkylation sites (tertiary alicyclic amines) is 1. The molecule has 0 atom stereocenters. The van der Waals surface area contributed by atoms with Crippen LogP contribution in [-0.4, -0.2) is 53.2 Å². The molecule has 1 N–H and O–H groups in total. The van der Waals surface area contributed by atoms with E-state index < -0.39 is 11.7 Å². The van der Waals surface area contributed by atoms with E-state index in [-0.39, 0.29) is 36.7 Å². The van der Waals surface area contributed by atoms with Gasteiger partial charge in [0, 0.05) is 38.6 Å². The smallest absolute Gasteiger partial charge is 0.353 e. The molecule has 2 aromatic carbocycles. The Labute approximate surface area is 202 Å². The Bertz CT molecular complexity index is 1120. The number of hydrogen-bond acceptors (Lipinski definition) is 4. The minimum Gasteiger partial charge on any atom is -0.353 e. The molecule has 4 rings (SSSR count). The standard InChI is InChI=1S/C26H28F3N3O3/c1-17-7-8-21-22(14-17)25(35)32(24(21)34)11-3-6-23(33)30-20-9-12-31(13-10-20)16-18-4-2-5-19(15-18)26(27,28)29/h2,4-5,7-8,14-15,20H,3,6,9-13,16H2,1H3,(H,30,33). The first kappa shape index (κ1) is 24.9. The number of benzene rings is 2. The summed E-state index contributed by atoms with van der Waals surface area (Å²) in [5.74, 6) is -0.769. The Balaban J connectivity index is 1.18. The minimum absolute atomic E-state index is 0.00235. The van der Waals surface area contributed by atoms with Crippen LogP contribution >= 0.6 is 0 Å². The highest BCUT2D eigenvalue weighted by molar-refractivity contribution is 6.21. The fraction of sp³-hybridized carbons (Fsp3) is 0.423. The zero-order valence-electron chi connectivity index (χ0n) is 19.5.